The van der Waals surface area contributed by atoms with Crippen LogP contribution >= 0.6 is 0 Å². The molecule has 2 bridgehead atoms. The third kappa shape index (κ3) is 3.69. The molecule has 0 spiro atoms. The molecule has 2 aliphatic carbocycles. The number of hydrogen-bond donors (Lipinski definition) is 1. The van der Waals surface area contributed by atoms with Crippen LogP contribution in [0.25, 0.3) is 11.3 Å². The maximum Gasteiger partial charge on any atom is 0.267 e. The number of carbonyl (C=O) groups is 1. The molecule has 6 nitrogen and oxygen atoms in total. The molecule has 1 saturated carbocycles. The molecule has 1 aromatic heterocycles. The second-order valence-corrected chi connectivity index (χ2v) is 7.40. The van der Waals surface area contributed by atoms with Crippen molar-refractivity contribution in [1.82, 2.24) is 15.1 Å². The van der Waals surface area contributed by atoms with Gasteiger partial charge in [0.15, 0.2) is 0 Å². The van der Waals surface area contributed by atoms with Gasteiger partial charge in [-0.25, -0.2) is 9.07 Å². The summed E-state index contributed by atoms with van der Waals surface area (Å²) >= 11 is 0. The van der Waals surface area contributed by atoms with Crippen molar-refractivity contribution < 1.29 is 13.9 Å². The number of ether oxygens (including phenoxy) is 1. The highest BCUT2D eigenvalue weighted by Gasteiger charge is 2.35. The standard InChI is InChI=1S/C21H22FN3O3/c1-28-16-4-5-17(18(22)10-16)19-6-7-21(27)25(24-19)12-20(26)23-11-15-9-13-2-3-14(15)8-13/h2-7,10,13-15H,8-9,11-12H2,1H3,(H,23,26)/t13-,14-,15+/m1/s1. The Kier molecular flexibility index (Phi) is 4.98. The Morgan fingerprint density at radius 1 is 1.29 bits per heavy atom. The van der Waals surface area contributed by atoms with E-state index in [0.717, 1.165) is 11.1 Å². The van der Waals surface area contributed by atoms with E-state index in [4.69, 9.17) is 4.74 Å². The topological polar surface area (TPSA) is 73.2 Å². The quantitative estimate of drug-likeness (QED) is 0.778. The first-order chi connectivity index (χ1) is 13.5. The molecule has 1 aromatic carbocycles. The first-order valence-corrected chi connectivity index (χ1v) is 9.40. The van der Waals surface area contributed by atoms with Crippen molar-refractivity contribution in [2.75, 3.05) is 13.7 Å². The number of aromatic nitrogens is 2. The highest BCUT2D eigenvalue weighted by atomic mass is 19.1. The van der Waals surface area contributed by atoms with Crippen LogP contribution in [0.3, 0.4) is 0 Å². The molecule has 1 fully saturated rings. The molecule has 1 N–H and O–H groups in total. The van der Waals surface area contributed by atoms with Crippen LogP contribution in [0.2, 0.25) is 0 Å². The van der Waals surface area contributed by atoms with Crippen molar-refractivity contribution in [1.29, 1.82) is 0 Å². The van der Waals surface area contributed by atoms with Gasteiger partial charge in [-0.2, -0.15) is 5.10 Å². The van der Waals surface area contributed by atoms with Crippen molar-refractivity contribution >= 4 is 5.91 Å². The summed E-state index contributed by atoms with van der Waals surface area (Å²) in [6.07, 6.45) is 6.78. The van der Waals surface area contributed by atoms with Crippen molar-refractivity contribution in [3.63, 3.8) is 0 Å². The first kappa shape index (κ1) is 18.4. The van der Waals surface area contributed by atoms with E-state index >= 15 is 0 Å². The maximum atomic E-state index is 14.3. The van der Waals surface area contributed by atoms with Crippen molar-refractivity contribution in [3.05, 3.63) is 58.7 Å². The minimum absolute atomic E-state index is 0.193. The van der Waals surface area contributed by atoms with Crippen molar-refractivity contribution in [3.8, 4) is 17.0 Å². The van der Waals surface area contributed by atoms with Crippen molar-refractivity contribution in [2.24, 2.45) is 17.8 Å². The zero-order chi connectivity index (χ0) is 19.7. The molecule has 1 heterocycles. The van der Waals surface area contributed by atoms with E-state index in [0.29, 0.717) is 30.0 Å². The van der Waals surface area contributed by atoms with Gasteiger partial charge in [-0.3, -0.25) is 9.59 Å². The summed E-state index contributed by atoms with van der Waals surface area (Å²) in [5, 5.41) is 7.08. The minimum Gasteiger partial charge on any atom is -0.497 e. The summed E-state index contributed by atoms with van der Waals surface area (Å²) in [5.41, 5.74) is 0.116. The van der Waals surface area contributed by atoms with Crippen LogP contribution in [0.1, 0.15) is 12.8 Å². The van der Waals surface area contributed by atoms with E-state index in [9.17, 15) is 14.0 Å². The molecule has 28 heavy (non-hydrogen) atoms. The first-order valence-electron chi connectivity index (χ1n) is 9.40. The molecule has 3 atom stereocenters. The van der Waals surface area contributed by atoms with E-state index in [1.165, 1.54) is 37.8 Å². The number of allylic oxidation sites excluding steroid dienone is 2. The summed E-state index contributed by atoms with van der Waals surface area (Å²) in [7, 11) is 1.46. The minimum atomic E-state index is -0.508. The number of nitrogens with one attached hydrogen (secondary N) is 1. The van der Waals surface area contributed by atoms with Gasteiger partial charge in [-0.1, -0.05) is 12.2 Å². The number of amides is 1. The van der Waals surface area contributed by atoms with Crippen LogP contribution in [0, 0.1) is 23.6 Å². The molecule has 2 aliphatic rings. The number of carbonyl (C=O) groups excluding carboxylic acids is 1. The summed E-state index contributed by atoms with van der Waals surface area (Å²) in [6, 6.07) is 7.15. The lowest BCUT2D eigenvalue weighted by Gasteiger charge is -2.18. The Bertz CT molecular complexity index is 985. The van der Waals surface area contributed by atoms with Gasteiger partial charge in [0, 0.05) is 24.2 Å². The van der Waals surface area contributed by atoms with Crippen LogP contribution < -0.4 is 15.6 Å². The fourth-order valence-corrected chi connectivity index (χ4v) is 4.10. The Balaban J connectivity index is 1.44. The van der Waals surface area contributed by atoms with Gasteiger partial charge in [0.05, 0.1) is 12.8 Å². The van der Waals surface area contributed by atoms with Gasteiger partial charge >= 0.3 is 0 Å². The highest BCUT2D eigenvalue weighted by Crippen LogP contribution is 2.42. The Labute approximate surface area is 162 Å². The zero-order valence-corrected chi connectivity index (χ0v) is 15.6. The normalized spacial score (nSPS) is 22.4. The number of methoxy groups -OCH3 is 1. The summed E-state index contributed by atoms with van der Waals surface area (Å²) in [4.78, 5) is 24.4. The largest absolute Gasteiger partial charge is 0.497 e. The van der Waals surface area contributed by atoms with Gasteiger partial charge in [-0.05, 0) is 48.8 Å². The van der Waals surface area contributed by atoms with Crippen LogP contribution in [0.5, 0.6) is 5.75 Å². The predicted molar refractivity (Wildman–Crippen MR) is 102 cm³/mol. The molecule has 7 heteroatoms. The monoisotopic (exact) mass is 383 g/mol. The lowest BCUT2D eigenvalue weighted by Crippen LogP contribution is -2.36. The SMILES string of the molecule is COc1ccc(-c2ccc(=O)n(CC(=O)NC[C@@H]3C[C@@H]4C=C[C@@H]3C4)n2)c(F)c1. The van der Waals surface area contributed by atoms with Crippen molar-refractivity contribution in [2.45, 2.75) is 19.4 Å². The molecule has 0 aliphatic heterocycles. The van der Waals surface area contributed by atoms with Crippen LogP contribution in [-0.4, -0.2) is 29.3 Å². The third-order valence-electron chi connectivity index (χ3n) is 5.59. The summed E-state index contributed by atoms with van der Waals surface area (Å²) < 4.78 is 20.4. The fourth-order valence-electron chi connectivity index (χ4n) is 4.10. The average molecular weight is 383 g/mol. The molecule has 146 valence electrons. The number of halogens is 1. The molecular formula is C21H22FN3O3. The van der Waals surface area contributed by atoms with Gasteiger partial charge in [0.1, 0.15) is 18.1 Å². The molecule has 1 amide bonds. The predicted octanol–water partition coefficient (Wildman–Crippen LogP) is 2.39. The van der Waals surface area contributed by atoms with E-state index in [2.05, 4.69) is 22.6 Å². The Hall–Kier alpha value is -2.96. The summed E-state index contributed by atoms with van der Waals surface area (Å²) in [5.74, 6) is 1.27. The lowest BCUT2D eigenvalue weighted by atomic mass is 9.94. The van der Waals surface area contributed by atoms with E-state index in [1.54, 1.807) is 6.07 Å². The zero-order valence-electron chi connectivity index (χ0n) is 15.6. The molecule has 0 saturated heterocycles. The molecule has 0 radical (unpaired) electrons. The molecule has 0 unspecified atom stereocenters. The molecular weight excluding hydrogens is 361 g/mol. The van der Waals surface area contributed by atoms with E-state index < -0.39 is 11.4 Å². The highest BCUT2D eigenvalue weighted by molar-refractivity contribution is 5.75. The van der Waals surface area contributed by atoms with Gasteiger partial charge in [0.2, 0.25) is 5.91 Å². The van der Waals surface area contributed by atoms with Gasteiger partial charge in [-0.15, -0.1) is 0 Å². The summed E-state index contributed by atoms with van der Waals surface area (Å²) in [6.45, 7) is 0.410. The molecule has 4 rings (SSSR count). The Morgan fingerprint density at radius 2 is 2.14 bits per heavy atom. The number of benzene rings is 1. The fraction of sp³-hybridized carbons (Fsp3) is 0.381. The number of nitrogens with zero attached hydrogens (tertiary/aromatic N) is 2. The van der Waals surface area contributed by atoms with Gasteiger partial charge in [0.25, 0.3) is 5.56 Å². The average Bonchev–Trinajstić information content (AvgIpc) is 3.31. The van der Waals surface area contributed by atoms with Crippen LogP contribution in [0.15, 0.2) is 47.3 Å². The lowest BCUT2D eigenvalue weighted by molar-refractivity contribution is -0.122. The molecule has 2 aromatic rings. The maximum absolute atomic E-state index is 14.3. The van der Waals surface area contributed by atoms with E-state index in [1.807, 2.05) is 0 Å². The smallest absolute Gasteiger partial charge is 0.267 e. The van der Waals surface area contributed by atoms with Crippen LogP contribution in [-0.2, 0) is 11.3 Å². The third-order valence-corrected chi connectivity index (χ3v) is 5.59. The van der Waals surface area contributed by atoms with Gasteiger partial charge < -0.3 is 10.1 Å². The van der Waals surface area contributed by atoms with Crippen LogP contribution in [0.4, 0.5) is 4.39 Å². The number of rotatable bonds is 6. The second-order valence-electron chi connectivity index (χ2n) is 7.40. The van der Waals surface area contributed by atoms with E-state index in [-0.39, 0.29) is 23.7 Å². The number of fused-ring (bicyclic) bond motifs is 2. The second kappa shape index (κ2) is 7.58. The Morgan fingerprint density at radius 3 is 2.82 bits per heavy atom. The number of hydrogen-bond acceptors (Lipinski definition) is 4.